The molecule has 0 heterocycles. The van der Waals surface area contributed by atoms with E-state index in [-0.39, 0.29) is 36.0 Å². The van der Waals surface area contributed by atoms with E-state index in [9.17, 15) is 5.11 Å². The van der Waals surface area contributed by atoms with Crippen LogP contribution in [0.15, 0.2) is 95.6 Å². The van der Waals surface area contributed by atoms with Crippen LogP contribution in [-0.4, -0.2) is 16.0 Å². The molecule has 1 aliphatic rings. The zero-order valence-corrected chi connectivity index (χ0v) is 26.9. The standard InChI is InChI=1S/C13H10.C11H16O2.C9H13.2ClH.Ti/c1-3-7-12(8-4-1)11-13-9-5-2-6-10-13;1-11(2,3)8-5-9(12)7-10(6-8)13-4;1-6-5-7(2)9(4)8(6)3;;;/h1-10H;5-7,12H,1-4H3;6H,1-4H3;2*1H;/q;;-1;;;+1. The van der Waals surface area contributed by atoms with Crippen LogP contribution in [0, 0.1) is 12.0 Å². The molecule has 1 N–H and O–H groups in total. The van der Waals surface area contributed by atoms with Crippen molar-refractivity contribution in [1.29, 1.82) is 0 Å². The predicted octanol–water partition coefficient (Wildman–Crippen LogP) is 9.07. The van der Waals surface area contributed by atoms with Gasteiger partial charge in [-0.25, -0.2) is 5.57 Å². The molecule has 5 heteroatoms. The van der Waals surface area contributed by atoms with Crippen molar-refractivity contribution in [3.63, 3.8) is 0 Å². The van der Waals surface area contributed by atoms with Crippen LogP contribution in [0.2, 0.25) is 0 Å². The van der Waals surface area contributed by atoms with Crippen molar-refractivity contribution in [2.75, 3.05) is 7.11 Å². The van der Waals surface area contributed by atoms with Crippen molar-refractivity contribution in [2.45, 2.75) is 53.9 Å². The summed E-state index contributed by atoms with van der Waals surface area (Å²) < 4.78 is 6.40. The Morgan fingerprint density at radius 1 is 0.842 bits per heavy atom. The van der Waals surface area contributed by atoms with E-state index in [2.05, 4.69) is 123 Å². The number of hydrogen-bond donors (Lipinski definition) is 1. The summed E-state index contributed by atoms with van der Waals surface area (Å²) in [4.78, 5) is 0. The number of methoxy groups -OCH3 is 1. The summed E-state index contributed by atoms with van der Waals surface area (Å²) in [6.07, 6.45) is 3.36. The Balaban J connectivity index is 0.000000538. The summed E-state index contributed by atoms with van der Waals surface area (Å²) in [7, 11) is 1.60. The molecule has 1 unspecified atom stereocenters. The maximum atomic E-state index is 9.41. The van der Waals surface area contributed by atoms with Gasteiger partial charge in [-0.3, -0.25) is 6.08 Å². The molecule has 3 aromatic rings. The zero-order valence-electron chi connectivity index (χ0n) is 23.8. The topological polar surface area (TPSA) is 29.5 Å². The van der Waals surface area contributed by atoms with Gasteiger partial charge in [0, 0.05) is 6.07 Å². The van der Waals surface area contributed by atoms with E-state index >= 15 is 0 Å². The fourth-order valence-corrected chi connectivity index (χ4v) is 4.19. The van der Waals surface area contributed by atoms with Crippen LogP contribution in [0.3, 0.4) is 0 Å². The molecule has 0 saturated heterocycles. The first kappa shape index (κ1) is 35.9. The van der Waals surface area contributed by atoms with E-state index in [1.807, 2.05) is 18.2 Å². The summed E-state index contributed by atoms with van der Waals surface area (Å²) in [5, 5.41) is 9.41. The molecule has 0 aliphatic heterocycles. The second-order valence-electron chi connectivity index (χ2n) is 10.1. The number of allylic oxidation sites excluding steroid dienone is 4. The molecule has 3 aromatic carbocycles. The molecule has 1 atom stereocenters. The van der Waals surface area contributed by atoms with Crippen LogP contribution in [0.5, 0.6) is 11.5 Å². The van der Waals surface area contributed by atoms with Gasteiger partial charge in [0.15, 0.2) is 0 Å². The SMILES string of the molecule is CC1=[C-]C(C)C(C)=C1C.COc1cc(O)cc(C(C)(C)C)c1.Cl.Cl.[Ti+]=[C](c1ccccc1)c1ccccc1. The number of aromatic hydroxyl groups is 1. The van der Waals surface area contributed by atoms with Crippen LogP contribution in [0.25, 0.3) is 0 Å². The number of benzene rings is 3. The second-order valence-corrected chi connectivity index (χ2v) is 10.9. The molecule has 0 saturated carbocycles. The van der Waals surface area contributed by atoms with Gasteiger partial charge < -0.3 is 9.84 Å². The van der Waals surface area contributed by atoms with Gasteiger partial charge >= 0.3 is 95.6 Å². The number of rotatable bonds is 3. The molecule has 203 valence electrons. The zero-order chi connectivity index (χ0) is 26.9. The Morgan fingerprint density at radius 2 is 1.32 bits per heavy atom. The van der Waals surface area contributed by atoms with Crippen molar-refractivity contribution < 1.29 is 29.8 Å². The molecular weight excluding hydrogens is 547 g/mol. The number of halogens is 2. The summed E-state index contributed by atoms with van der Waals surface area (Å²) in [6, 6.07) is 26.3. The van der Waals surface area contributed by atoms with Gasteiger partial charge in [0.2, 0.25) is 0 Å². The Kier molecular flexibility index (Phi) is 15.9. The fourth-order valence-electron chi connectivity index (χ4n) is 3.67. The minimum absolute atomic E-state index is 0. The molecule has 0 amide bonds. The molecule has 0 fully saturated rings. The van der Waals surface area contributed by atoms with Crippen LogP contribution < -0.4 is 4.74 Å². The average Bonchev–Trinajstić information content (AvgIpc) is 3.09. The molecule has 0 radical (unpaired) electrons. The molecular formula is C33H41Cl2O2Ti. The van der Waals surface area contributed by atoms with Crippen molar-refractivity contribution in [3.05, 3.63) is 118 Å². The third-order valence-electron chi connectivity index (χ3n) is 6.35. The van der Waals surface area contributed by atoms with Crippen LogP contribution >= 0.6 is 24.8 Å². The van der Waals surface area contributed by atoms with Gasteiger partial charge in [0.05, 0.1) is 7.11 Å². The van der Waals surface area contributed by atoms with E-state index < -0.39 is 0 Å². The van der Waals surface area contributed by atoms with Crippen LogP contribution in [0.4, 0.5) is 0 Å². The fraction of sp³-hybridized carbons (Fsp3) is 0.303. The average molecular weight is 588 g/mol. The van der Waals surface area contributed by atoms with Gasteiger partial charge in [-0.1, -0.05) is 47.5 Å². The molecule has 38 heavy (non-hydrogen) atoms. The van der Waals surface area contributed by atoms with E-state index in [0.29, 0.717) is 11.7 Å². The van der Waals surface area contributed by atoms with Crippen molar-refractivity contribution >= 4 is 28.6 Å². The molecule has 2 nitrogen and oxygen atoms in total. The molecule has 0 aromatic heterocycles. The number of phenols is 1. The van der Waals surface area contributed by atoms with Gasteiger partial charge in [-0.05, 0) is 23.1 Å². The quantitative estimate of drug-likeness (QED) is 0.244. The van der Waals surface area contributed by atoms with E-state index in [0.717, 1.165) is 5.56 Å². The van der Waals surface area contributed by atoms with Crippen LogP contribution in [0.1, 0.15) is 65.2 Å². The molecule has 0 spiro atoms. The Morgan fingerprint density at radius 3 is 1.63 bits per heavy atom. The summed E-state index contributed by atoms with van der Waals surface area (Å²) in [6.45, 7) is 15.0. The normalized spacial score (nSPS) is 13.9. The predicted molar refractivity (Wildman–Crippen MR) is 164 cm³/mol. The van der Waals surface area contributed by atoms with Crippen molar-refractivity contribution in [1.82, 2.24) is 0 Å². The minimum atomic E-state index is 0. The van der Waals surface area contributed by atoms with Gasteiger partial charge in [-0.15, -0.1) is 31.7 Å². The first-order valence-corrected chi connectivity index (χ1v) is 13.1. The van der Waals surface area contributed by atoms with Gasteiger partial charge in [0.1, 0.15) is 11.5 Å². The molecule has 0 bridgehead atoms. The van der Waals surface area contributed by atoms with Gasteiger partial charge in [-0.2, -0.15) is 11.1 Å². The maximum absolute atomic E-state index is 9.41. The Hall–Kier alpha value is -2.10. The Labute approximate surface area is 254 Å². The van der Waals surface area contributed by atoms with E-state index in [1.54, 1.807) is 19.2 Å². The van der Waals surface area contributed by atoms with Gasteiger partial charge in [0.25, 0.3) is 0 Å². The third-order valence-corrected chi connectivity index (χ3v) is 7.26. The Bertz CT molecular complexity index is 1170. The van der Waals surface area contributed by atoms with Crippen molar-refractivity contribution in [2.24, 2.45) is 5.92 Å². The molecule has 1 aliphatic carbocycles. The summed E-state index contributed by atoms with van der Waals surface area (Å²) in [5.74, 6) is 1.51. The summed E-state index contributed by atoms with van der Waals surface area (Å²) in [5.41, 5.74) is 7.93. The number of phenolic OH excluding ortho intramolecular Hbond substituents is 1. The molecule has 4 rings (SSSR count). The van der Waals surface area contributed by atoms with Crippen molar-refractivity contribution in [3.8, 4) is 11.5 Å². The first-order valence-electron chi connectivity index (χ1n) is 12.3. The van der Waals surface area contributed by atoms with Crippen LogP contribution in [-0.2, 0) is 25.4 Å². The number of hydrogen-bond acceptors (Lipinski definition) is 2. The number of ether oxygens (including phenoxy) is 1. The first-order chi connectivity index (χ1) is 16.9. The monoisotopic (exact) mass is 587 g/mol. The van der Waals surface area contributed by atoms with E-state index in [1.165, 1.54) is 31.7 Å². The third kappa shape index (κ3) is 10.9. The second kappa shape index (κ2) is 16.8. The summed E-state index contributed by atoms with van der Waals surface area (Å²) >= 11 is 2.16. The van der Waals surface area contributed by atoms with E-state index in [4.69, 9.17) is 4.74 Å².